The third-order valence-corrected chi connectivity index (χ3v) is 3.25. The minimum Gasteiger partial charge on any atom is -0.352 e. The number of hydrogen-bond donors (Lipinski definition) is 2. The fraction of sp³-hybridized carbons (Fsp3) is 0.357. The molecular formula is C14H16FN3O3. The molecule has 0 saturated heterocycles. The molecule has 1 aliphatic rings. The number of carbonyl (C=O) groups is 1. The number of nitro benzene ring substituents is 1. The van der Waals surface area contributed by atoms with E-state index < -0.39 is 22.3 Å². The van der Waals surface area contributed by atoms with E-state index in [-0.39, 0.29) is 5.56 Å². The number of benzene rings is 1. The quantitative estimate of drug-likeness (QED) is 0.492. The largest absolute Gasteiger partial charge is 0.352 e. The van der Waals surface area contributed by atoms with Crippen LogP contribution in [0.5, 0.6) is 0 Å². The number of rotatable bonds is 5. The predicted molar refractivity (Wildman–Crippen MR) is 75.6 cm³/mol. The number of halogens is 1. The van der Waals surface area contributed by atoms with Crippen LogP contribution in [0.1, 0.15) is 23.2 Å². The number of nitro groups is 1. The third-order valence-electron chi connectivity index (χ3n) is 3.25. The van der Waals surface area contributed by atoms with E-state index in [1.807, 2.05) is 0 Å². The molecule has 0 spiro atoms. The van der Waals surface area contributed by atoms with Crippen molar-refractivity contribution >= 4 is 11.6 Å². The maximum Gasteiger partial charge on any atom is 0.273 e. The van der Waals surface area contributed by atoms with Crippen molar-refractivity contribution in [3.63, 3.8) is 0 Å². The second-order valence-corrected chi connectivity index (χ2v) is 4.78. The molecule has 2 N–H and O–H groups in total. The molecule has 21 heavy (non-hydrogen) atoms. The van der Waals surface area contributed by atoms with Gasteiger partial charge in [-0.3, -0.25) is 14.9 Å². The second kappa shape index (κ2) is 6.94. The van der Waals surface area contributed by atoms with Crippen LogP contribution in [0.15, 0.2) is 29.8 Å². The first-order valence-electron chi connectivity index (χ1n) is 6.68. The van der Waals surface area contributed by atoms with Crippen LogP contribution in [0.3, 0.4) is 0 Å². The van der Waals surface area contributed by atoms with Crippen molar-refractivity contribution in [3.05, 3.63) is 51.3 Å². The normalized spacial score (nSPS) is 14.4. The summed E-state index contributed by atoms with van der Waals surface area (Å²) in [5.41, 5.74) is 0.793. The van der Waals surface area contributed by atoms with Gasteiger partial charge in [0.15, 0.2) is 0 Å². The fourth-order valence-electron chi connectivity index (χ4n) is 2.15. The van der Waals surface area contributed by atoms with Gasteiger partial charge in [-0.2, -0.15) is 0 Å². The molecule has 0 atom stereocenters. The number of amides is 1. The monoisotopic (exact) mass is 293 g/mol. The SMILES string of the molecule is O=C(NCCC1=CCNCC1)c1cc(F)cc([N+](=O)[O-])c1. The topological polar surface area (TPSA) is 84.3 Å². The van der Waals surface area contributed by atoms with Crippen LogP contribution < -0.4 is 10.6 Å². The van der Waals surface area contributed by atoms with E-state index >= 15 is 0 Å². The van der Waals surface area contributed by atoms with Crippen LogP contribution in [0, 0.1) is 15.9 Å². The Morgan fingerprint density at radius 2 is 2.24 bits per heavy atom. The first-order chi connectivity index (χ1) is 10.1. The van der Waals surface area contributed by atoms with E-state index in [4.69, 9.17) is 0 Å². The molecule has 0 aliphatic carbocycles. The minimum absolute atomic E-state index is 0.0407. The zero-order chi connectivity index (χ0) is 15.2. The lowest BCUT2D eigenvalue weighted by Crippen LogP contribution is -2.26. The average Bonchev–Trinajstić information content (AvgIpc) is 2.47. The third kappa shape index (κ3) is 4.35. The number of hydrogen-bond acceptors (Lipinski definition) is 4. The van der Waals surface area contributed by atoms with E-state index in [0.717, 1.165) is 44.1 Å². The molecule has 2 rings (SSSR count). The van der Waals surface area contributed by atoms with Crippen molar-refractivity contribution in [2.75, 3.05) is 19.6 Å². The molecule has 112 valence electrons. The summed E-state index contributed by atoms with van der Waals surface area (Å²) >= 11 is 0. The maximum absolute atomic E-state index is 13.3. The first kappa shape index (κ1) is 15.1. The van der Waals surface area contributed by atoms with Gasteiger partial charge in [-0.25, -0.2) is 4.39 Å². The summed E-state index contributed by atoms with van der Waals surface area (Å²) in [4.78, 5) is 21.8. The Kier molecular flexibility index (Phi) is 4.99. The number of carbonyl (C=O) groups excluding carboxylic acids is 1. The zero-order valence-electron chi connectivity index (χ0n) is 11.4. The fourth-order valence-corrected chi connectivity index (χ4v) is 2.15. The van der Waals surface area contributed by atoms with Gasteiger partial charge >= 0.3 is 0 Å². The molecule has 1 amide bonds. The molecule has 1 aromatic carbocycles. The highest BCUT2D eigenvalue weighted by Crippen LogP contribution is 2.16. The van der Waals surface area contributed by atoms with Crippen LogP contribution in [-0.2, 0) is 0 Å². The molecule has 7 heteroatoms. The summed E-state index contributed by atoms with van der Waals surface area (Å²) in [6.45, 7) is 2.18. The summed E-state index contributed by atoms with van der Waals surface area (Å²) in [7, 11) is 0. The summed E-state index contributed by atoms with van der Waals surface area (Å²) in [6.07, 6.45) is 3.76. The molecule has 6 nitrogen and oxygen atoms in total. The lowest BCUT2D eigenvalue weighted by molar-refractivity contribution is -0.385. The van der Waals surface area contributed by atoms with Gasteiger partial charge in [-0.15, -0.1) is 0 Å². The van der Waals surface area contributed by atoms with Crippen molar-refractivity contribution in [1.29, 1.82) is 0 Å². The lowest BCUT2D eigenvalue weighted by atomic mass is 10.1. The van der Waals surface area contributed by atoms with E-state index in [1.54, 1.807) is 0 Å². The molecule has 0 radical (unpaired) electrons. The predicted octanol–water partition coefficient (Wildman–Crippen LogP) is 1.77. The van der Waals surface area contributed by atoms with Crippen molar-refractivity contribution < 1.29 is 14.1 Å². The highest BCUT2D eigenvalue weighted by atomic mass is 19.1. The highest BCUT2D eigenvalue weighted by molar-refractivity contribution is 5.94. The molecule has 1 aromatic rings. The average molecular weight is 293 g/mol. The van der Waals surface area contributed by atoms with Crippen molar-refractivity contribution in [3.8, 4) is 0 Å². The van der Waals surface area contributed by atoms with Gasteiger partial charge in [0.1, 0.15) is 5.82 Å². The van der Waals surface area contributed by atoms with Crippen LogP contribution in [0.4, 0.5) is 10.1 Å². The van der Waals surface area contributed by atoms with Gasteiger partial charge in [-0.05, 0) is 25.5 Å². The molecule has 0 saturated carbocycles. The Labute approximate surface area is 121 Å². The Hall–Kier alpha value is -2.28. The van der Waals surface area contributed by atoms with E-state index in [2.05, 4.69) is 16.7 Å². The van der Waals surface area contributed by atoms with Gasteiger partial charge in [-0.1, -0.05) is 11.6 Å². The molecular weight excluding hydrogens is 277 g/mol. The number of nitrogens with zero attached hydrogens (tertiary/aromatic N) is 1. The number of non-ortho nitro benzene ring substituents is 1. The van der Waals surface area contributed by atoms with Crippen LogP contribution in [0.25, 0.3) is 0 Å². The molecule has 0 aromatic heterocycles. The summed E-state index contributed by atoms with van der Waals surface area (Å²) in [5.74, 6) is -1.30. The van der Waals surface area contributed by atoms with E-state index in [1.165, 1.54) is 5.57 Å². The maximum atomic E-state index is 13.3. The van der Waals surface area contributed by atoms with Crippen LogP contribution in [0.2, 0.25) is 0 Å². The zero-order valence-corrected chi connectivity index (χ0v) is 11.4. The highest BCUT2D eigenvalue weighted by Gasteiger charge is 2.14. The Balaban J connectivity index is 1.93. The Morgan fingerprint density at radius 3 is 2.90 bits per heavy atom. The Bertz CT molecular complexity index is 587. The molecule has 0 unspecified atom stereocenters. The van der Waals surface area contributed by atoms with E-state index in [0.29, 0.717) is 6.54 Å². The van der Waals surface area contributed by atoms with Crippen molar-refractivity contribution in [1.82, 2.24) is 10.6 Å². The van der Waals surface area contributed by atoms with Gasteiger partial charge in [0.2, 0.25) is 0 Å². The molecule has 0 bridgehead atoms. The van der Waals surface area contributed by atoms with E-state index in [9.17, 15) is 19.3 Å². The minimum atomic E-state index is -0.796. The summed E-state index contributed by atoms with van der Waals surface area (Å²) in [5, 5.41) is 16.5. The molecule has 0 fully saturated rings. The van der Waals surface area contributed by atoms with Crippen molar-refractivity contribution in [2.45, 2.75) is 12.8 Å². The Morgan fingerprint density at radius 1 is 1.43 bits per heavy atom. The van der Waals surface area contributed by atoms with Gasteiger partial charge in [0, 0.05) is 24.7 Å². The second-order valence-electron chi connectivity index (χ2n) is 4.78. The van der Waals surface area contributed by atoms with Crippen molar-refractivity contribution in [2.24, 2.45) is 0 Å². The first-order valence-corrected chi connectivity index (χ1v) is 6.68. The van der Waals surface area contributed by atoms with Crippen LogP contribution in [-0.4, -0.2) is 30.5 Å². The molecule has 1 heterocycles. The summed E-state index contributed by atoms with van der Waals surface area (Å²) in [6, 6.07) is 2.85. The van der Waals surface area contributed by atoms with Gasteiger partial charge in [0.05, 0.1) is 11.0 Å². The van der Waals surface area contributed by atoms with Gasteiger partial charge < -0.3 is 10.6 Å². The molecule has 1 aliphatic heterocycles. The smallest absolute Gasteiger partial charge is 0.273 e. The summed E-state index contributed by atoms with van der Waals surface area (Å²) < 4.78 is 13.3. The number of nitrogens with one attached hydrogen (secondary N) is 2. The van der Waals surface area contributed by atoms with Crippen LogP contribution >= 0.6 is 0 Å². The van der Waals surface area contributed by atoms with Gasteiger partial charge in [0.25, 0.3) is 11.6 Å². The standard InChI is InChI=1S/C14H16FN3O3/c15-12-7-11(8-13(9-12)18(20)21)14(19)17-6-3-10-1-4-16-5-2-10/h1,7-9,16H,2-6H2,(H,17,19). The lowest BCUT2D eigenvalue weighted by Gasteiger charge is -2.14.